The molecule has 2 fully saturated rings. The molecule has 1 aromatic rings. The third-order valence-electron chi connectivity index (χ3n) is 4.00. The molecular formula is C12H16N2O3S2. The van der Waals surface area contributed by atoms with Crippen molar-refractivity contribution in [2.75, 3.05) is 13.1 Å². The van der Waals surface area contributed by atoms with Gasteiger partial charge in [-0.15, -0.1) is 11.3 Å². The van der Waals surface area contributed by atoms with Crippen LogP contribution in [0.5, 0.6) is 0 Å². The van der Waals surface area contributed by atoms with Crippen LogP contribution < -0.4 is 5.32 Å². The van der Waals surface area contributed by atoms with Crippen LogP contribution in [0.1, 0.15) is 25.7 Å². The molecule has 1 N–H and O–H groups in total. The Morgan fingerprint density at radius 1 is 1.26 bits per heavy atom. The summed E-state index contributed by atoms with van der Waals surface area (Å²) in [5, 5.41) is 4.79. The maximum absolute atomic E-state index is 12.4. The normalized spacial score (nSPS) is 23.7. The summed E-state index contributed by atoms with van der Waals surface area (Å²) < 4.78 is 26.7. The summed E-state index contributed by atoms with van der Waals surface area (Å²) in [7, 11) is -3.34. The molecule has 1 spiro atoms. The van der Waals surface area contributed by atoms with Gasteiger partial charge in [0.1, 0.15) is 4.21 Å². The number of hydrogen-bond donors (Lipinski definition) is 1. The van der Waals surface area contributed by atoms with Gasteiger partial charge in [-0.2, -0.15) is 4.31 Å². The van der Waals surface area contributed by atoms with Gasteiger partial charge in [0.15, 0.2) is 0 Å². The molecule has 0 saturated carbocycles. The van der Waals surface area contributed by atoms with E-state index in [1.807, 2.05) is 0 Å². The molecule has 7 heteroatoms. The van der Waals surface area contributed by atoms with Crippen LogP contribution in [-0.4, -0.2) is 37.3 Å². The van der Waals surface area contributed by atoms with E-state index in [0.29, 0.717) is 36.6 Å². The fourth-order valence-electron chi connectivity index (χ4n) is 2.84. The number of nitrogens with one attached hydrogen (secondary N) is 1. The number of carbonyl (C=O) groups is 1. The summed E-state index contributed by atoms with van der Waals surface area (Å²) in [6.07, 6.45) is 2.82. The largest absolute Gasteiger partial charge is 0.351 e. The first-order valence-corrected chi connectivity index (χ1v) is 8.69. The van der Waals surface area contributed by atoms with Crippen LogP contribution in [0.4, 0.5) is 0 Å². The zero-order valence-electron chi connectivity index (χ0n) is 10.5. The molecule has 0 atom stereocenters. The van der Waals surface area contributed by atoms with Gasteiger partial charge >= 0.3 is 0 Å². The van der Waals surface area contributed by atoms with E-state index in [0.717, 1.165) is 6.42 Å². The maximum atomic E-state index is 12.4. The summed E-state index contributed by atoms with van der Waals surface area (Å²) in [6.45, 7) is 0.973. The fraction of sp³-hybridized carbons (Fsp3) is 0.583. The number of carbonyl (C=O) groups excluding carboxylic acids is 1. The number of hydrogen-bond acceptors (Lipinski definition) is 4. The van der Waals surface area contributed by atoms with E-state index >= 15 is 0 Å². The van der Waals surface area contributed by atoms with Crippen LogP contribution in [0, 0.1) is 0 Å². The Labute approximate surface area is 116 Å². The van der Waals surface area contributed by atoms with E-state index in [1.165, 1.54) is 15.6 Å². The molecular weight excluding hydrogens is 284 g/mol. The molecule has 0 radical (unpaired) electrons. The molecule has 0 bridgehead atoms. The third kappa shape index (κ3) is 2.30. The van der Waals surface area contributed by atoms with E-state index in [1.54, 1.807) is 17.5 Å². The summed E-state index contributed by atoms with van der Waals surface area (Å²) in [5.41, 5.74) is -0.154. The van der Waals surface area contributed by atoms with Crippen LogP contribution in [0.15, 0.2) is 21.7 Å². The first kappa shape index (κ1) is 13.1. The molecule has 0 unspecified atom stereocenters. The highest BCUT2D eigenvalue weighted by Gasteiger charge is 2.42. The number of piperidine rings is 1. The van der Waals surface area contributed by atoms with Gasteiger partial charge in [-0.05, 0) is 30.7 Å². The minimum absolute atomic E-state index is 0.0922. The lowest BCUT2D eigenvalue weighted by Gasteiger charge is -2.38. The van der Waals surface area contributed by atoms with Gasteiger partial charge in [0.25, 0.3) is 10.0 Å². The van der Waals surface area contributed by atoms with E-state index < -0.39 is 10.0 Å². The molecule has 19 heavy (non-hydrogen) atoms. The van der Waals surface area contributed by atoms with Crippen molar-refractivity contribution in [3.8, 4) is 0 Å². The average molecular weight is 300 g/mol. The highest BCUT2D eigenvalue weighted by Crippen LogP contribution is 2.33. The Morgan fingerprint density at radius 2 is 2.00 bits per heavy atom. The molecule has 2 aliphatic rings. The second kappa shape index (κ2) is 4.57. The molecule has 2 saturated heterocycles. The summed E-state index contributed by atoms with van der Waals surface area (Å²) >= 11 is 1.25. The SMILES string of the molecule is O=C1CCC2(CCN(S(=O)(=O)c3cccs3)CC2)N1. The van der Waals surface area contributed by atoms with Crippen LogP contribution in [-0.2, 0) is 14.8 Å². The van der Waals surface area contributed by atoms with Gasteiger partial charge < -0.3 is 5.32 Å². The Kier molecular flexibility index (Phi) is 3.15. The standard InChI is InChI=1S/C12H16N2O3S2/c15-10-3-4-12(13-10)5-7-14(8-6-12)19(16,17)11-2-1-9-18-11/h1-2,9H,3-8H2,(H,13,15). The Bertz CT molecular complexity index is 572. The van der Waals surface area contributed by atoms with Crippen molar-refractivity contribution in [2.24, 2.45) is 0 Å². The van der Waals surface area contributed by atoms with Gasteiger partial charge in [-0.1, -0.05) is 6.07 Å². The van der Waals surface area contributed by atoms with Gasteiger partial charge in [0.05, 0.1) is 0 Å². The molecule has 0 aromatic carbocycles. The van der Waals surface area contributed by atoms with E-state index in [4.69, 9.17) is 0 Å². The first-order chi connectivity index (χ1) is 9.02. The lowest BCUT2D eigenvalue weighted by atomic mass is 9.87. The Morgan fingerprint density at radius 3 is 2.53 bits per heavy atom. The second-order valence-corrected chi connectivity index (χ2v) is 8.28. The summed E-state index contributed by atoms with van der Waals surface area (Å²) in [6, 6.07) is 3.39. The lowest BCUT2D eigenvalue weighted by molar-refractivity contribution is -0.120. The van der Waals surface area contributed by atoms with Gasteiger partial charge in [-0.3, -0.25) is 4.79 Å². The topological polar surface area (TPSA) is 66.5 Å². The highest BCUT2D eigenvalue weighted by molar-refractivity contribution is 7.91. The predicted octanol–water partition coefficient (Wildman–Crippen LogP) is 1.18. The van der Waals surface area contributed by atoms with Gasteiger partial charge in [0, 0.05) is 25.0 Å². The number of sulfonamides is 1. The Balaban J connectivity index is 1.72. The maximum Gasteiger partial charge on any atom is 0.252 e. The fourth-order valence-corrected chi connectivity index (χ4v) is 5.43. The van der Waals surface area contributed by atoms with Crippen molar-refractivity contribution in [3.63, 3.8) is 0 Å². The second-order valence-electron chi connectivity index (χ2n) is 5.16. The smallest absolute Gasteiger partial charge is 0.252 e. The van der Waals surface area contributed by atoms with Crippen LogP contribution in [0.2, 0.25) is 0 Å². The van der Waals surface area contributed by atoms with Crippen LogP contribution in [0.25, 0.3) is 0 Å². The molecule has 1 aromatic heterocycles. The molecule has 3 rings (SSSR count). The number of thiophene rings is 1. The highest BCUT2D eigenvalue weighted by atomic mass is 32.2. The van der Waals surface area contributed by atoms with Crippen molar-refractivity contribution in [2.45, 2.75) is 35.4 Å². The van der Waals surface area contributed by atoms with Crippen molar-refractivity contribution in [1.29, 1.82) is 0 Å². The van der Waals surface area contributed by atoms with Crippen molar-refractivity contribution in [1.82, 2.24) is 9.62 Å². The van der Waals surface area contributed by atoms with Gasteiger partial charge in [0.2, 0.25) is 5.91 Å². The predicted molar refractivity (Wildman–Crippen MR) is 72.4 cm³/mol. The van der Waals surface area contributed by atoms with Crippen LogP contribution >= 0.6 is 11.3 Å². The molecule has 5 nitrogen and oxygen atoms in total. The van der Waals surface area contributed by atoms with E-state index in [9.17, 15) is 13.2 Å². The zero-order chi connectivity index (χ0) is 13.5. The summed E-state index contributed by atoms with van der Waals surface area (Å²) in [5.74, 6) is 0.0922. The molecule has 104 valence electrons. The Hall–Kier alpha value is -0.920. The molecule has 3 heterocycles. The quantitative estimate of drug-likeness (QED) is 0.892. The van der Waals surface area contributed by atoms with Crippen molar-refractivity contribution in [3.05, 3.63) is 17.5 Å². The average Bonchev–Trinajstić information content (AvgIpc) is 3.01. The lowest BCUT2D eigenvalue weighted by Crippen LogP contribution is -2.52. The zero-order valence-corrected chi connectivity index (χ0v) is 12.1. The van der Waals surface area contributed by atoms with Crippen molar-refractivity contribution < 1.29 is 13.2 Å². The monoisotopic (exact) mass is 300 g/mol. The number of amides is 1. The van der Waals surface area contributed by atoms with E-state index in [2.05, 4.69) is 5.32 Å². The molecule has 0 aliphatic carbocycles. The molecule has 1 amide bonds. The van der Waals surface area contributed by atoms with Crippen LogP contribution in [0.3, 0.4) is 0 Å². The van der Waals surface area contributed by atoms with E-state index in [-0.39, 0.29) is 11.4 Å². The number of nitrogens with zero attached hydrogens (tertiary/aromatic N) is 1. The minimum atomic E-state index is -3.34. The minimum Gasteiger partial charge on any atom is -0.351 e. The third-order valence-corrected chi connectivity index (χ3v) is 7.28. The number of rotatable bonds is 2. The van der Waals surface area contributed by atoms with Crippen molar-refractivity contribution >= 4 is 27.3 Å². The van der Waals surface area contributed by atoms with Gasteiger partial charge in [-0.25, -0.2) is 8.42 Å². The summed E-state index contributed by atoms with van der Waals surface area (Å²) in [4.78, 5) is 11.3. The molecule has 2 aliphatic heterocycles. The first-order valence-electron chi connectivity index (χ1n) is 6.37.